The number of aliphatic hydroxyl groups is 1. The van der Waals surface area contributed by atoms with Crippen molar-refractivity contribution in [2.24, 2.45) is 0 Å². The van der Waals surface area contributed by atoms with Crippen molar-refractivity contribution in [3.05, 3.63) is 0 Å². The number of ether oxygens (including phenoxy) is 2. The van der Waals surface area contributed by atoms with Crippen LogP contribution in [0.2, 0.25) is 0 Å². The second-order valence-electron chi connectivity index (χ2n) is 5.18. The molecule has 0 radical (unpaired) electrons. The van der Waals surface area contributed by atoms with Crippen molar-refractivity contribution < 1.29 is 41.3 Å². The summed E-state index contributed by atoms with van der Waals surface area (Å²) in [6.45, 7) is 2.30. The number of hydrogen-bond acceptors (Lipinski definition) is 4. The smallest absolute Gasteiger partial charge is 0.449 e. The lowest BCUT2D eigenvalue weighted by molar-refractivity contribution is -0.409. The minimum atomic E-state index is -5.74. The highest BCUT2D eigenvalue weighted by atomic mass is 127. The van der Waals surface area contributed by atoms with Gasteiger partial charge in [0.1, 0.15) is 3.42 Å². The molecule has 0 spiro atoms. The van der Waals surface area contributed by atoms with Crippen molar-refractivity contribution in [3.8, 4) is 0 Å². The Hall–Kier alpha value is -0.230. The molecule has 0 aromatic rings. The van der Waals surface area contributed by atoms with Crippen LogP contribution in [0.4, 0.5) is 22.0 Å². The molecule has 1 aliphatic heterocycles. The van der Waals surface area contributed by atoms with E-state index in [4.69, 9.17) is 0 Å². The molecule has 10 heteroatoms. The molecule has 1 aliphatic rings. The van der Waals surface area contributed by atoms with Gasteiger partial charge in [-0.2, -0.15) is 22.0 Å². The second-order valence-corrected chi connectivity index (χ2v) is 7.56. The van der Waals surface area contributed by atoms with E-state index in [9.17, 15) is 31.9 Å². The summed E-state index contributed by atoms with van der Waals surface area (Å²) in [4.78, 5) is 11.8. The van der Waals surface area contributed by atoms with Crippen LogP contribution in [0.25, 0.3) is 0 Å². The number of alkyl halides is 6. The Kier molecular flexibility index (Phi) is 4.62. The summed E-state index contributed by atoms with van der Waals surface area (Å²) < 4.78 is 73.2. The van der Waals surface area contributed by atoms with Crippen LogP contribution in [-0.4, -0.2) is 44.6 Å². The van der Waals surface area contributed by atoms with Crippen molar-refractivity contribution in [1.29, 1.82) is 0 Å². The zero-order valence-electron chi connectivity index (χ0n) is 11.4. The highest BCUT2D eigenvalue weighted by Gasteiger charge is 2.82. The van der Waals surface area contributed by atoms with Crippen molar-refractivity contribution in [1.82, 2.24) is 0 Å². The topological polar surface area (TPSA) is 55.8 Å². The third kappa shape index (κ3) is 2.74. The van der Waals surface area contributed by atoms with E-state index in [0.717, 1.165) is 0 Å². The van der Waals surface area contributed by atoms with E-state index in [1.165, 1.54) is 6.92 Å². The van der Waals surface area contributed by atoms with E-state index < -0.39 is 39.5 Å². The van der Waals surface area contributed by atoms with E-state index in [0.29, 0.717) is 6.92 Å². The zero-order chi connectivity index (χ0) is 16.9. The maximum Gasteiger partial charge on any atom is 0.449 e. The molecule has 0 aromatic heterocycles. The minimum absolute atomic E-state index is 0.221. The van der Waals surface area contributed by atoms with Gasteiger partial charge in [0.25, 0.3) is 0 Å². The maximum atomic E-state index is 14.0. The van der Waals surface area contributed by atoms with Crippen molar-refractivity contribution >= 4 is 28.6 Å². The summed E-state index contributed by atoms with van der Waals surface area (Å²) in [7, 11) is 0. The van der Waals surface area contributed by atoms with Crippen LogP contribution >= 0.6 is 22.6 Å². The summed E-state index contributed by atoms with van der Waals surface area (Å²) in [6.07, 6.45) is -5.52. The van der Waals surface area contributed by atoms with Crippen molar-refractivity contribution in [2.75, 3.05) is 6.61 Å². The fourth-order valence-electron chi connectivity index (χ4n) is 1.59. The Morgan fingerprint density at radius 3 is 2.24 bits per heavy atom. The maximum absolute atomic E-state index is 14.0. The average molecular weight is 432 g/mol. The third-order valence-electron chi connectivity index (χ3n) is 3.44. The standard InChI is InChI=1S/C11H14F5IO4/c1-4-7(2,17)6(18)21-8(3)5-20-10(19,9(8,12)13)11(14,15)16/h19H,4-5H2,1-3H3. The number of carbonyl (C=O) groups excluding carboxylic acids is 1. The van der Waals surface area contributed by atoms with Gasteiger partial charge in [0, 0.05) is 0 Å². The molecule has 1 saturated heterocycles. The van der Waals surface area contributed by atoms with Crippen LogP contribution in [0, 0.1) is 0 Å². The number of halogens is 6. The van der Waals surface area contributed by atoms with Crippen molar-refractivity contribution in [2.45, 2.75) is 54.1 Å². The molecule has 21 heavy (non-hydrogen) atoms. The number of carbonyl (C=O) groups is 1. The first-order chi connectivity index (χ1) is 9.15. The number of hydrogen-bond donors (Lipinski definition) is 1. The number of esters is 1. The van der Waals surface area contributed by atoms with Crippen LogP contribution in [0.1, 0.15) is 27.2 Å². The molecule has 0 aliphatic carbocycles. The first kappa shape index (κ1) is 18.8. The molecular formula is C11H14F5IO4. The van der Waals surface area contributed by atoms with Gasteiger partial charge in [-0.25, -0.2) is 0 Å². The van der Waals surface area contributed by atoms with Crippen LogP contribution in [-0.2, 0) is 14.3 Å². The van der Waals surface area contributed by atoms with Gasteiger partial charge in [-0.15, -0.1) is 0 Å². The van der Waals surface area contributed by atoms with Crippen LogP contribution < -0.4 is 0 Å². The van der Waals surface area contributed by atoms with Crippen LogP contribution in [0.3, 0.4) is 0 Å². The fraction of sp³-hybridized carbons (Fsp3) is 0.909. The Balaban J connectivity index is 3.13. The van der Waals surface area contributed by atoms with Gasteiger partial charge in [-0.1, -0.05) is 29.5 Å². The molecule has 3 unspecified atom stereocenters. The molecule has 0 amide bonds. The highest BCUT2D eigenvalue weighted by Crippen LogP contribution is 2.54. The van der Waals surface area contributed by atoms with E-state index in [1.807, 2.05) is 0 Å². The Labute approximate surface area is 131 Å². The molecule has 0 aromatic carbocycles. The van der Waals surface area contributed by atoms with E-state index in [-0.39, 0.29) is 6.42 Å². The lowest BCUT2D eigenvalue weighted by Crippen LogP contribution is -2.63. The predicted octanol–water partition coefficient (Wildman–Crippen LogP) is 2.81. The van der Waals surface area contributed by atoms with E-state index >= 15 is 0 Å². The SMILES string of the molecule is CCC(C)(I)C(=O)OC1(C)COC(O)(C(F)(F)F)C1(F)F. The lowest BCUT2D eigenvalue weighted by Gasteiger charge is -2.36. The Morgan fingerprint density at radius 2 is 1.90 bits per heavy atom. The minimum Gasteiger partial charge on any atom is -0.449 e. The van der Waals surface area contributed by atoms with Crippen LogP contribution in [0.15, 0.2) is 0 Å². The molecule has 0 saturated carbocycles. The van der Waals surface area contributed by atoms with Gasteiger partial charge < -0.3 is 14.6 Å². The predicted molar refractivity (Wildman–Crippen MR) is 69.1 cm³/mol. The zero-order valence-corrected chi connectivity index (χ0v) is 13.5. The van der Waals surface area contributed by atoms with Gasteiger partial charge in [0.2, 0.25) is 5.60 Å². The fourth-order valence-corrected chi connectivity index (χ4v) is 1.70. The third-order valence-corrected chi connectivity index (χ3v) is 4.64. The summed E-state index contributed by atoms with van der Waals surface area (Å²) in [6, 6.07) is 0. The molecule has 4 nitrogen and oxygen atoms in total. The van der Waals surface area contributed by atoms with Gasteiger partial charge in [0.15, 0.2) is 0 Å². The van der Waals surface area contributed by atoms with Crippen molar-refractivity contribution in [3.63, 3.8) is 0 Å². The van der Waals surface area contributed by atoms with Gasteiger partial charge in [-0.3, -0.25) is 4.79 Å². The molecular weight excluding hydrogens is 418 g/mol. The van der Waals surface area contributed by atoms with E-state index in [2.05, 4.69) is 9.47 Å². The molecule has 0 bridgehead atoms. The Bertz CT molecular complexity index is 439. The monoisotopic (exact) mass is 432 g/mol. The highest BCUT2D eigenvalue weighted by molar-refractivity contribution is 14.1. The molecule has 1 rings (SSSR count). The van der Waals surface area contributed by atoms with Gasteiger partial charge >= 0.3 is 23.9 Å². The van der Waals surface area contributed by atoms with Gasteiger partial charge in [-0.05, 0) is 20.3 Å². The van der Waals surface area contributed by atoms with Gasteiger partial charge in [0.05, 0.1) is 6.61 Å². The summed E-state index contributed by atoms with van der Waals surface area (Å²) >= 11 is 1.65. The first-order valence-corrected chi connectivity index (χ1v) is 6.96. The summed E-state index contributed by atoms with van der Waals surface area (Å²) in [5, 5.41) is 9.17. The summed E-state index contributed by atoms with van der Waals surface area (Å²) in [5.74, 6) is -10.7. The summed E-state index contributed by atoms with van der Waals surface area (Å²) in [5.41, 5.74) is -2.92. The molecule has 1 fully saturated rings. The Morgan fingerprint density at radius 1 is 1.43 bits per heavy atom. The normalized spacial score (nSPS) is 35.3. The lowest BCUT2D eigenvalue weighted by atomic mass is 9.94. The molecule has 124 valence electrons. The molecule has 3 atom stereocenters. The molecule has 1 heterocycles. The quantitative estimate of drug-likeness (QED) is 0.323. The molecule has 1 N–H and O–H groups in total. The number of rotatable bonds is 3. The first-order valence-electron chi connectivity index (χ1n) is 5.88. The second kappa shape index (κ2) is 5.15. The largest absolute Gasteiger partial charge is 0.449 e. The van der Waals surface area contributed by atoms with Crippen LogP contribution in [0.5, 0.6) is 0 Å². The van der Waals surface area contributed by atoms with E-state index in [1.54, 1.807) is 29.5 Å². The average Bonchev–Trinajstić information content (AvgIpc) is 2.50.